The Morgan fingerprint density at radius 2 is 1.83 bits per heavy atom. The van der Waals surface area contributed by atoms with Gasteiger partial charge in [0.2, 0.25) is 0 Å². The van der Waals surface area contributed by atoms with Crippen LogP contribution in [0.25, 0.3) is 0 Å². The lowest BCUT2D eigenvalue weighted by atomic mass is 10.2. The van der Waals surface area contributed by atoms with E-state index in [2.05, 4.69) is 5.32 Å². The molecule has 0 aromatic heterocycles. The number of hydrogen-bond donors (Lipinski definition) is 1. The van der Waals surface area contributed by atoms with Crippen LogP contribution in [0.2, 0.25) is 0 Å². The quantitative estimate of drug-likeness (QED) is 0.596. The predicted octanol–water partition coefficient (Wildman–Crippen LogP) is 2.50. The molecule has 0 radical (unpaired) electrons. The van der Waals surface area contributed by atoms with Crippen molar-refractivity contribution < 1.29 is 13.2 Å². The third-order valence-corrected chi connectivity index (χ3v) is 1.40. The first-order valence-corrected chi connectivity index (χ1v) is 3.38. The minimum atomic E-state index is -4.28. The van der Waals surface area contributed by atoms with Crippen molar-refractivity contribution >= 4 is 0 Å². The molecule has 0 unspecified atom stereocenters. The molecule has 0 fully saturated rings. The minimum absolute atomic E-state index is 0.671. The van der Waals surface area contributed by atoms with Crippen LogP contribution < -0.4 is 5.32 Å². The first kappa shape index (κ1) is 8.90. The Morgan fingerprint density at radius 1 is 1.17 bits per heavy atom. The Labute approximate surface area is 68.3 Å². The number of allylic oxidation sites excluding steroid dienone is 4. The van der Waals surface area contributed by atoms with Crippen LogP contribution in [0.4, 0.5) is 13.2 Å². The molecule has 1 heterocycles. The molecule has 1 aliphatic heterocycles. The number of halogens is 3. The molecule has 0 aromatic carbocycles. The Balaban J connectivity index is 2.85. The largest absolute Gasteiger partial charge is 0.417 e. The van der Waals surface area contributed by atoms with E-state index in [-0.39, 0.29) is 0 Å². The molecule has 12 heavy (non-hydrogen) atoms. The van der Waals surface area contributed by atoms with Gasteiger partial charge in [-0.1, -0.05) is 6.08 Å². The van der Waals surface area contributed by atoms with Crippen molar-refractivity contribution in [2.45, 2.75) is 13.1 Å². The van der Waals surface area contributed by atoms with Crippen molar-refractivity contribution in [2.75, 3.05) is 0 Å². The molecule has 0 aliphatic carbocycles. The van der Waals surface area contributed by atoms with E-state index in [1.165, 1.54) is 12.3 Å². The van der Waals surface area contributed by atoms with Crippen molar-refractivity contribution in [2.24, 2.45) is 0 Å². The summed E-state index contributed by atoms with van der Waals surface area (Å²) in [7, 11) is 0. The van der Waals surface area contributed by atoms with E-state index in [4.69, 9.17) is 0 Å². The fourth-order valence-electron chi connectivity index (χ4n) is 0.757. The highest BCUT2D eigenvalue weighted by molar-refractivity contribution is 5.32. The smallest absolute Gasteiger partial charge is 0.367 e. The SMILES string of the molecule is CC1=CNC=C(C(F)(F)F)C=C1. The first-order valence-electron chi connectivity index (χ1n) is 3.38. The molecule has 0 atom stereocenters. The van der Waals surface area contributed by atoms with Gasteiger partial charge in [0.1, 0.15) is 0 Å². The van der Waals surface area contributed by atoms with Crippen LogP contribution in [0.1, 0.15) is 6.92 Å². The summed E-state index contributed by atoms with van der Waals surface area (Å²) in [6, 6.07) is 0. The van der Waals surface area contributed by atoms with Gasteiger partial charge in [0.25, 0.3) is 0 Å². The monoisotopic (exact) mass is 175 g/mol. The molecular formula is C8H8F3N. The molecule has 0 amide bonds. The molecule has 0 spiro atoms. The lowest BCUT2D eigenvalue weighted by Crippen LogP contribution is -2.11. The average molecular weight is 175 g/mol. The van der Waals surface area contributed by atoms with Crippen LogP contribution in [-0.4, -0.2) is 6.18 Å². The number of alkyl halides is 3. The summed E-state index contributed by atoms with van der Waals surface area (Å²) in [6.45, 7) is 1.72. The molecule has 0 aromatic rings. The predicted molar refractivity (Wildman–Crippen MR) is 40.2 cm³/mol. The van der Waals surface area contributed by atoms with Crippen molar-refractivity contribution in [1.29, 1.82) is 0 Å². The van der Waals surface area contributed by atoms with Gasteiger partial charge < -0.3 is 5.32 Å². The first-order chi connectivity index (χ1) is 5.50. The Hall–Kier alpha value is -1.19. The van der Waals surface area contributed by atoms with Gasteiger partial charge in [0.15, 0.2) is 0 Å². The third kappa shape index (κ3) is 2.15. The summed E-state index contributed by atoms with van der Waals surface area (Å²) in [4.78, 5) is 0. The fraction of sp³-hybridized carbons (Fsp3) is 0.250. The van der Waals surface area contributed by atoms with Crippen LogP contribution in [0.3, 0.4) is 0 Å². The van der Waals surface area contributed by atoms with Gasteiger partial charge in [0.05, 0.1) is 5.57 Å². The normalized spacial score (nSPS) is 17.7. The standard InChI is InChI=1S/C8H8F3N/c1-6-2-3-7(5-12-4-6)8(9,10)11/h2-5,12H,1H3. The zero-order chi connectivity index (χ0) is 9.19. The third-order valence-electron chi connectivity index (χ3n) is 1.40. The van der Waals surface area contributed by atoms with E-state index in [1.807, 2.05) is 0 Å². The minimum Gasteiger partial charge on any atom is -0.367 e. The molecule has 1 nitrogen and oxygen atoms in total. The van der Waals surface area contributed by atoms with Gasteiger partial charge in [-0.25, -0.2) is 0 Å². The van der Waals surface area contributed by atoms with Crippen LogP contribution >= 0.6 is 0 Å². The van der Waals surface area contributed by atoms with Gasteiger partial charge in [-0.3, -0.25) is 0 Å². The molecule has 1 rings (SSSR count). The van der Waals surface area contributed by atoms with Gasteiger partial charge >= 0.3 is 6.18 Å². The van der Waals surface area contributed by atoms with Gasteiger partial charge in [-0.05, 0) is 18.6 Å². The van der Waals surface area contributed by atoms with Crippen LogP contribution in [0.5, 0.6) is 0 Å². The lowest BCUT2D eigenvalue weighted by molar-refractivity contribution is -0.0884. The fourth-order valence-corrected chi connectivity index (χ4v) is 0.757. The molecule has 0 saturated carbocycles. The Bertz CT molecular complexity index is 258. The lowest BCUT2D eigenvalue weighted by Gasteiger charge is -2.05. The van der Waals surface area contributed by atoms with E-state index < -0.39 is 11.7 Å². The van der Waals surface area contributed by atoms with E-state index in [9.17, 15) is 13.2 Å². The maximum Gasteiger partial charge on any atom is 0.417 e. The molecular weight excluding hydrogens is 167 g/mol. The van der Waals surface area contributed by atoms with Crippen molar-refractivity contribution in [3.05, 3.63) is 35.7 Å². The highest BCUT2D eigenvalue weighted by atomic mass is 19.4. The Morgan fingerprint density at radius 3 is 2.42 bits per heavy atom. The van der Waals surface area contributed by atoms with Gasteiger partial charge in [-0.2, -0.15) is 13.2 Å². The zero-order valence-corrected chi connectivity index (χ0v) is 6.44. The summed E-state index contributed by atoms with van der Waals surface area (Å²) in [5, 5.41) is 2.45. The second kappa shape index (κ2) is 3.05. The second-order valence-corrected chi connectivity index (χ2v) is 2.49. The summed E-state index contributed by atoms with van der Waals surface area (Å²) in [6.07, 6.45) is 0.634. The van der Waals surface area contributed by atoms with E-state index in [1.54, 1.807) is 6.92 Å². The van der Waals surface area contributed by atoms with Crippen molar-refractivity contribution in [3.8, 4) is 0 Å². The van der Waals surface area contributed by atoms with E-state index in [0.717, 1.165) is 17.8 Å². The molecule has 0 bridgehead atoms. The maximum atomic E-state index is 12.1. The average Bonchev–Trinajstić information content (AvgIpc) is 2.11. The highest BCUT2D eigenvalue weighted by Gasteiger charge is 2.31. The van der Waals surface area contributed by atoms with E-state index in [0.29, 0.717) is 0 Å². The maximum absolute atomic E-state index is 12.1. The number of hydrogen-bond acceptors (Lipinski definition) is 1. The zero-order valence-electron chi connectivity index (χ0n) is 6.44. The topological polar surface area (TPSA) is 12.0 Å². The highest BCUT2D eigenvalue weighted by Crippen LogP contribution is 2.26. The summed E-state index contributed by atoms with van der Waals surface area (Å²) >= 11 is 0. The molecule has 4 heteroatoms. The second-order valence-electron chi connectivity index (χ2n) is 2.49. The molecule has 66 valence electrons. The van der Waals surface area contributed by atoms with Crippen molar-refractivity contribution in [3.63, 3.8) is 0 Å². The molecule has 0 saturated heterocycles. The Kier molecular flexibility index (Phi) is 2.26. The number of rotatable bonds is 0. The van der Waals surface area contributed by atoms with Gasteiger partial charge in [0, 0.05) is 12.4 Å². The van der Waals surface area contributed by atoms with Crippen molar-refractivity contribution in [1.82, 2.24) is 5.32 Å². The number of nitrogens with one attached hydrogen (secondary N) is 1. The summed E-state index contributed by atoms with van der Waals surface area (Å²) in [5.74, 6) is 0. The van der Waals surface area contributed by atoms with Crippen LogP contribution in [0, 0.1) is 0 Å². The summed E-state index contributed by atoms with van der Waals surface area (Å²) < 4.78 is 36.2. The molecule has 1 aliphatic rings. The summed E-state index contributed by atoms with van der Waals surface area (Å²) in [5.41, 5.74) is 0.0844. The van der Waals surface area contributed by atoms with E-state index >= 15 is 0 Å². The molecule has 1 N–H and O–H groups in total. The van der Waals surface area contributed by atoms with Crippen LogP contribution in [-0.2, 0) is 0 Å². The van der Waals surface area contributed by atoms with Crippen LogP contribution in [0.15, 0.2) is 35.7 Å². The van der Waals surface area contributed by atoms with Gasteiger partial charge in [-0.15, -0.1) is 0 Å².